The molecule has 0 fully saturated rings. The van der Waals surface area contributed by atoms with Crippen LogP contribution in [0.1, 0.15) is 39.5 Å². The lowest BCUT2D eigenvalue weighted by Crippen LogP contribution is -2.34. The molecule has 0 aromatic rings. The van der Waals surface area contributed by atoms with Crippen LogP contribution in [-0.4, -0.2) is 23.9 Å². The molecule has 2 unspecified atom stereocenters. The first-order valence-electron chi connectivity index (χ1n) is 4.83. The van der Waals surface area contributed by atoms with E-state index in [1.807, 2.05) is 6.92 Å². The number of nitrogens with one attached hydrogen (secondary N) is 1. The maximum atomic E-state index is 9.36. The summed E-state index contributed by atoms with van der Waals surface area (Å²) in [5.74, 6) is 0. The number of hydrogen-bond acceptors (Lipinski definition) is 3. The molecule has 0 aliphatic carbocycles. The van der Waals surface area contributed by atoms with Crippen LogP contribution in [0, 0.1) is 0 Å². The summed E-state index contributed by atoms with van der Waals surface area (Å²) in [4.78, 5) is 0. The normalized spacial score (nSPS) is 16.0. The Hall–Kier alpha value is -0.120. The van der Waals surface area contributed by atoms with Gasteiger partial charge in [-0.15, -0.1) is 0 Å². The SMILES string of the molecule is CCCC(O)CCCNC(C)N. The third kappa shape index (κ3) is 7.98. The van der Waals surface area contributed by atoms with Crippen LogP contribution in [-0.2, 0) is 0 Å². The van der Waals surface area contributed by atoms with Crippen molar-refractivity contribution in [2.75, 3.05) is 6.54 Å². The van der Waals surface area contributed by atoms with Gasteiger partial charge in [-0.1, -0.05) is 13.3 Å². The van der Waals surface area contributed by atoms with Crippen LogP contribution in [0.2, 0.25) is 0 Å². The van der Waals surface area contributed by atoms with Gasteiger partial charge in [-0.2, -0.15) is 0 Å². The van der Waals surface area contributed by atoms with Crippen LogP contribution >= 0.6 is 0 Å². The predicted molar refractivity (Wildman–Crippen MR) is 51.8 cm³/mol. The number of rotatable bonds is 7. The second-order valence-corrected chi connectivity index (χ2v) is 3.33. The van der Waals surface area contributed by atoms with Gasteiger partial charge in [-0.05, 0) is 32.7 Å². The Bertz CT molecular complexity index is 96.5. The van der Waals surface area contributed by atoms with Crippen molar-refractivity contribution in [3.63, 3.8) is 0 Å². The Morgan fingerprint density at radius 2 is 2.08 bits per heavy atom. The molecule has 0 aliphatic heterocycles. The zero-order valence-electron chi connectivity index (χ0n) is 8.21. The molecule has 0 bridgehead atoms. The van der Waals surface area contributed by atoms with Crippen molar-refractivity contribution in [2.45, 2.75) is 51.8 Å². The van der Waals surface area contributed by atoms with E-state index in [-0.39, 0.29) is 12.3 Å². The Labute approximate surface area is 75.3 Å². The van der Waals surface area contributed by atoms with Crippen LogP contribution in [0.4, 0.5) is 0 Å². The molecule has 74 valence electrons. The zero-order valence-corrected chi connectivity index (χ0v) is 8.21. The maximum Gasteiger partial charge on any atom is 0.0540 e. The number of nitrogens with two attached hydrogens (primary N) is 1. The summed E-state index contributed by atoms with van der Waals surface area (Å²) in [6.45, 7) is 4.91. The van der Waals surface area contributed by atoms with Gasteiger partial charge in [0.25, 0.3) is 0 Å². The smallest absolute Gasteiger partial charge is 0.0540 e. The molecule has 3 heteroatoms. The minimum absolute atomic E-state index is 0.0633. The lowest BCUT2D eigenvalue weighted by molar-refractivity contribution is 0.150. The molecule has 0 aromatic heterocycles. The van der Waals surface area contributed by atoms with Gasteiger partial charge in [0.2, 0.25) is 0 Å². The van der Waals surface area contributed by atoms with Crippen molar-refractivity contribution >= 4 is 0 Å². The van der Waals surface area contributed by atoms with Crippen LogP contribution in [0.15, 0.2) is 0 Å². The zero-order chi connectivity index (χ0) is 9.40. The van der Waals surface area contributed by atoms with E-state index in [0.717, 1.165) is 32.2 Å². The first kappa shape index (κ1) is 11.9. The van der Waals surface area contributed by atoms with Gasteiger partial charge < -0.3 is 16.2 Å². The third-order valence-electron chi connectivity index (χ3n) is 1.80. The lowest BCUT2D eigenvalue weighted by Gasteiger charge is -2.10. The molecule has 0 spiro atoms. The molecular formula is C9H22N2O. The van der Waals surface area contributed by atoms with E-state index in [1.165, 1.54) is 0 Å². The Balaban J connectivity index is 3.08. The minimum Gasteiger partial charge on any atom is -0.393 e. The third-order valence-corrected chi connectivity index (χ3v) is 1.80. The summed E-state index contributed by atoms with van der Waals surface area (Å²) in [6, 6.07) is 0. The second-order valence-electron chi connectivity index (χ2n) is 3.33. The van der Waals surface area contributed by atoms with Crippen LogP contribution in [0.25, 0.3) is 0 Å². The van der Waals surface area contributed by atoms with Gasteiger partial charge >= 0.3 is 0 Å². The van der Waals surface area contributed by atoms with Crippen LogP contribution in [0.5, 0.6) is 0 Å². The number of aliphatic hydroxyl groups excluding tert-OH is 1. The summed E-state index contributed by atoms with van der Waals surface area (Å²) in [5, 5.41) is 12.5. The maximum absolute atomic E-state index is 9.36. The highest BCUT2D eigenvalue weighted by atomic mass is 16.3. The van der Waals surface area contributed by atoms with Crippen molar-refractivity contribution < 1.29 is 5.11 Å². The highest BCUT2D eigenvalue weighted by Crippen LogP contribution is 2.02. The molecule has 4 N–H and O–H groups in total. The highest BCUT2D eigenvalue weighted by molar-refractivity contribution is 4.57. The average molecular weight is 174 g/mol. The molecule has 0 aromatic carbocycles. The van der Waals surface area contributed by atoms with Crippen molar-refractivity contribution in [3.8, 4) is 0 Å². The summed E-state index contributed by atoms with van der Waals surface area (Å²) >= 11 is 0. The molecule has 0 rings (SSSR count). The van der Waals surface area contributed by atoms with Gasteiger partial charge in [0.05, 0.1) is 12.3 Å². The highest BCUT2D eigenvalue weighted by Gasteiger charge is 2.01. The molecule has 2 atom stereocenters. The van der Waals surface area contributed by atoms with Gasteiger partial charge in [0, 0.05) is 0 Å². The number of aliphatic hydroxyl groups is 1. The number of hydrogen-bond donors (Lipinski definition) is 3. The van der Waals surface area contributed by atoms with E-state index in [4.69, 9.17) is 5.73 Å². The quantitative estimate of drug-likeness (QED) is 0.395. The molecule has 0 saturated carbocycles. The van der Waals surface area contributed by atoms with E-state index in [9.17, 15) is 5.11 Å². The molecule has 0 amide bonds. The predicted octanol–water partition coefficient (Wildman–Crippen LogP) is 0.822. The van der Waals surface area contributed by atoms with Gasteiger partial charge in [-0.25, -0.2) is 0 Å². The first-order chi connectivity index (χ1) is 5.66. The topological polar surface area (TPSA) is 58.3 Å². The molecule has 3 nitrogen and oxygen atoms in total. The Morgan fingerprint density at radius 3 is 2.58 bits per heavy atom. The fourth-order valence-electron chi connectivity index (χ4n) is 1.14. The van der Waals surface area contributed by atoms with Crippen molar-refractivity contribution in [1.82, 2.24) is 5.32 Å². The summed E-state index contributed by atoms with van der Waals surface area (Å²) in [7, 11) is 0. The monoisotopic (exact) mass is 174 g/mol. The first-order valence-corrected chi connectivity index (χ1v) is 4.83. The van der Waals surface area contributed by atoms with Crippen molar-refractivity contribution in [3.05, 3.63) is 0 Å². The van der Waals surface area contributed by atoms with E-state index in [0.29, 0.717) is 0 Å². The minimum atomic E-state index is -0.120. The molecular weight excluding hydrogens is 152 g/mol. The van der Waals surface area contributed by atoms with Crippen molar-refractivity contribution in [2.24, 2.45) is 5.73 Å². The van der Waals surface area contributed by atoms with Crippen molar-refractivity contribution in [1.29, 1.82) is 0 Å². The molecule has 0 radical (unpaired) electrons. The fourth-order valence-corrected chi connectivity index (χ4v) is 1.14. The van der Waals surface area contributed by atoms with Crippen LogP contribution in [0.3, 0.4) is 0 Å². The van der Waals surface area contributed by atoms with E-state index >= 15 is 0 Å². The lowest BCUT2D eigenvalue weighted by atomic mass is 10.1. The summed E-state index contributed by atoms with van der Waals surface area (Å²) in [6.07, 6.45) is 3.80. The molecule has 0 saturated heterocycles. The van der Waals surface area contributed by atoms with Gasteiger partial charge in [0.1, 0.15) is 0 Å². The Kier molecular flexibility index (Phi) is 7.45. The van der Waals surface area contributed by atoms with E-state index in [2.05, 4.69) is 12.2 Å². The molecule has 0 aliphatic rings. The van der Waals surface area contributed by atoms with Gasteiger partial charge in [-0.3, -0.25) is 0 Å². The molecule has 0 heterocycles. The standard InChI is InChI=1S/C9H22N2O/c1-3-5-9(12)6-4-7-11-8(2)10/h8-9,11-12H,3-7,10H2,1-2H3. The van der Waals surface area contributed by atoms with Gasteiger partial charge in [0.15, 0.2) is 0 Å². The summed E-state index contributed by atoms with van der Waals surface area (Å²) in [5.41, 5.74) is 5.49. The molecule has 12 heavy (non-hydrogen) atoms. The van der Waals surface area contributed by atoms with E-state index in [1.54, 1.807) is 0 Å². The summed E-state index contributed by atoms with van der Waals surface area (Å²) < 4.78 is 0. The van der Waals surface area contributed by atoms with Crippen LogP contribution < -0.4 is 11.1 Å². The average Bonchev–Trinajstić information content (AvgIpc) is 1.98. The van der Waals surface area contributed by atoms with E-state index < -0.39 is 0 Å². The fraction of sp³-hybridized carbons (Fsp3) is 1.00. The largest absolute Gasteiger partial charge is 0.393 e. The Morgan fingerprint density at radius 1 is 1.42 bits per heavy atom. The second kappa shape index (κ2) is 7.53.